The van der Waals surface area contributed by atoms with Crippen LogP contribution in [0.4, 0.5) is 0 Å². The number of nitrogens with two attached hydrogens (primary N) is 1. The summed E-state index contributed by atoms with van der Waals surface area (Å²) in [6, 6.07) is 2.00. The number of rotatable bonds is 3. The fourth-order valence-corrected chi connectivity index (χ4v) is 2.87. The lowest BCUT2D eigenvalue weighted by molar-refractivity contribution is 0.0550. The van der Waals surface area contributed by atoms with E-state index in [2.05, 4.69) is 0 Å². The number of aryl methyl sites for hydroxylation is 2. The van der Waals surface area contributed by atoms with Gasteiger partial charge in [0, 0.05) is 25.0 Å². The van der Waals surface area contributed by atoms with Gasteiger partial charge in [-0.2, -0.15) is 0 Å². The van der Waals surface area contributed by atoms with Gasteiger partial charge >= 0.3 is 0 Å². The number of carbonyl (C=O) groups is 1. The van der Waals surface area contributed by atoms with Crippen molar-refractivity contribution in [1.29, 1.82) is 0 Å². The van der Waals surface area contributed by atoms with Crippen LogP contribution < -0.4 is 5.73 Å². The van der Waals surface area contributed by atoms with Crippen molar-refractivity contribution in [3.05, 3.63) is 23.2 Å². The molecule has 1 aromatic rings. The average Bonchev–Trinajstić information content (AvgIpc) is 2.79. The lowest BCUT2D eigenvalue weighted by Gasteiger charge is -2.37. The van der Waals surface area contributed by atoms with Crippen molar-refractivity contribution in [1.82, 2.24) is 4.90 Å². The van der Waals surface area contributed by atoms with Crippen molar-refractivity contribution in [2.24, 2.45) is 5.73 Å². The molecule has 0 bridgehead atoms. The van der Waals surface area contributed by atoms with Gasteiger partial charge in [-0.1, -0.05) is 6.92 Å². The molecule has 1 aliphatic heterocycles. The topological polar surface area (TPSA) is 59.5 Å². The fourth-order valence-electron chi connectivity index (χ4n) is 2.87. The van der Waals surface area contributed by atoms with Crippen molar-refractivity contribution >= 4 is 5.91 Å². The van der Waals surface area contributed by atoms with Crippen LogP contribution in [0.15, 0.2) is 10.5 Å². The highest BCUT2D eigenvalue weighted by Crippen LogP contribution is 2.23. The summed E-state index contributed by atoms with van der Waals surface area (Å²) in [7, 11) is 0. The van der Waals surface area contributed by atoms with Crippen molar-refractivity contribution in [2.45, 2.75) is 58.5 Å². The van der Waals surface area contributed by atoms with Gasteiger partial charge in [0.2, 0.25) is 0 Å². The second kappa shape index (κ2) is 5.78. The zero-order valence-corrected chi connectivity index (χ0v) is 12.1. The van der Waals surface area contributed by atoms with Gasteiger partial charge in [0.05, 0.1) is 0 Å². The van der Waals surface area contributed by atoms with Gasteiger partial charge in [0.25, 0.3) is 5.91 Å². The van der Waals surface area contributed by atoms with Crippen LogP contribution in [0.1, 0.15) is 55.0 Å². The van der Waals surface area contributed by atoms with Crippen LogP contribution in [0.2, 0.25) is 0 Å². The third-order valence-electron chi connectivity index (χ3n) is 3.97. The number of hydrogen-bond acceptors (Lipinski definition) is 3. The summed E-state index contributed by atoms with van der Waals surface area (Å²) in [5, 5.41) is 0. The summed E-state index contributed by atoms with van der Waals surface area (Å²) < 4.78 is 5.67. The largest absolute Gasteiger partial charge is 0.456 e. The maximum Gasteiger partial charge on any atom is 0.289 e. The molecule has 0 radical (unpaired) electrons. The first-order chi connectivity index (χ1) is 9.04. The lowest BCUT2D eigenvalue weighted by atomic mass is 9.96. The molecule has 106 valence electrons. The second-order valence-electron chi connectivity index (χ2n) is 5.49. The molecular formula is C15H24N2O2. The summed E-state index contributed by atoms with van der Waals surface area (Å²) in [5.74, 6) is 1.35. The number of carbonyl (C=O) groups excluding carboxylic acids is 1. The molecule has 4 heteroatoms. The Morgan fingerprint density at radius 3 is 2.89 bits per heavy atom. The third kappa shape index (κ3) is 2.84. The molecule has 19 heavy (non-hydrogen) atoms. The van der Waals surface area contributed by atoms with Crippen LogP contribution in [0.5, 0.6) is 0 Å². The summed E-state index contributed by atoms with van der Waals surface area (Å²) >= 11 is 0. The fraction of sp³-hybridized carbons (Fsp3) is 0.667. The van der Waals surface area contributed by atoms with E-state index in [1.54, 1.807) is 0 Å². The molecule has 2 rings (SSSR count). The first kappa shape index (κ1) is 14.1. The Bertz CT molecular complexity index is 451. The highest BCUT2D eigenvalue weighted by Gasteiger charge is 2.31. The minimum atomic E-state index is -0.00944. The van der Waals surface area contributed by atoms with Gasteiger partial charge in [0.1, 0.15) is 5.76 Å². The molecule has 1 fully saturated rings. The van der Waals surface area contributed by atoms with E-state index in [1.807, 2.05) is 31.7 Å². The number of amides is 1. The second-order valence-corrected chi connectivity index (χ2v) is 5.49. The number of piperidine rings is 1. The quantitative estimate of drug-likeness (QED) is 0.912. The van der Waals surface area contributed by atoms with Gasteiger partial charge in [0.15, 0.2) is 5.76 Å². The summed E-state index contributed by atoms with van der Waals surface area (Å²) in [6.45, 7) is 6.78. The van der Waals surface area contributed by atoms with Crippen molar-refractivity contribution in [3.63, 3.8) is 0 Å². The zero-order chi connectivity index (χ0) is 14.0. The molecule has 1 aliphatic rings. The van der Waals surface area contributed by atoms with Crippen LogP contribution in [0.25, 0.3) is 0 Å². The van der Waals surface area contributed by atoms with Gasteiger partial charge < -0.3 is 15.1 Å². The number of furan rings is 1. The number of hydrogen-bond donors (Lipinski definition) is 1. The van der Waals surface area contributed by atoms with Crippen molar-refractivity contribution in [2.75, 3.05) is 6.54 Å². The van der Waals surface area contributed by atoms with Crippen LogP contribution in [0.3, 0.4) is 0 Å². The van der Waals surface area contributed by atoms with Crippen LogP contribution in [0, 0.1) is 6.92 Å². The minimum Gasteiger partial charge on any atom is -0.456 e. The van der Waals surface area contributed by atoms with E-state index in [0.29, 0.717) is 5.76 Å². The molecule has 0 saturated carbocycles. The van der Waals surface area contributed by atoms with Gasteiger partial charge in [-0.05, 0) is 44.7 Å². The van der Waals surface area contributed by atoms with E-state index in [1.165, 1.54) is 0 Å². The monoisotopic (exact) mass is 264 g/mol. The van der Waals surface area contributed by atoms with E-state index in [0.717, 1.165) is 43.6 Å². The van der Waals surface area contributed by atoms with E-state index in [9.17, 15) is 4.79 Å². The van der Waals surface area contributed by atoms with Crippen LogP contribution >= 0.6 is 0 Å². The summed E-state index contributed by atoms with van der Waals surface area (Å²) in [6.07, 6.45) is 4.00. The molecule has 2 N–H and O–H groups in total. The molecule has 1 amide bonds. The maximum atomic E-state index is 12.6. The zero-order valence-electron chi connectivity index (χ0n) is 12.1. The molecule has 2 atom stereocenters. The molecule has 1 saturated heterocycles. The highest BCUT2D eigenvalue weighted by atomic mass is 16.4. The lowest BCUT2D eigenvalue weighted by Crippen LogP contribution is -2.51. The van der Waals surface area contributed by atoms with Crippen LogP contribution in [-0.2, 0) is 6.42 Å². The Morgan fingerprint density at radius 2 is 2.32 bits per heavy atom. The predicted octanol–water partition coefficient (Wildman–Crippen LogP) is 2.49. The van der Waals surface area contributed by atoms with E-state index in [4.69, 9.17) is 10.2 Å². The Kier molecular flexibility index (Phi) is 4.30. The molecule has 1 aromatic heterocycles. The molecule has 2 unspecified atom stereocenters. The summed E-state index contributed by atoms with van der Waals surface area (Å²) in [5.41, 5.74) is 7.07. The number of likely N-dealkylation sites (tertiary alicyclic amines) is 1. The molecule has 2 heterocycles. The maximum absolute atomic E-state index is 12.6. The Balaban J connectivity index is 2.21. The standard InChI is InChI=1S/C15H24N2O2/c1-4-13-10(2)9-14(19-13)15(18)17-8-6-5-7-12(17)11(3)16/h9,11-12H,4-8,16H2,1-3H3. The molecular weight excluding hydrogens is 240 g/mol. The molecule has 4 nitrogen and oxygen atoms in total. The van der Waals surface area contributed by atoms with E-state index in [-0.39, 0.29) is 18.0 Å². The van der Waals surface area contributed by atoms with Crippen LogP contribution in [-0.4, -0.2) is 29.4 Å². The third-order valence-corrected chi connectivity index (χ3v) is 3.97. The molecule has 0 spiro atoms. The Morgan fingerprint density at radius 1 is 1.58 bits per heavy atom. The molecule has 0 aliphatic carbocycles. The first-order valence-corrected chi connectivity index (χ1v) is 7.20. The van der Waals surface area contributed by atoms with Gasteiger partial charge in [-0.3, -0.25) is 4.79 Å². The van der Waals surface area contributed by atoms with E-state index < -0.39 is 0 Å². The minimum absolute atomic E-state index is 0.00551. The molecule has 0 aromatic carbocycles. The Hall–Kier alpha value is -1.29. The van der Waals surface area contributed by atoms with Crippen molar-refractivity contribution < 1.29 is 9.21 Å². The SMILES string of the molecule is CCc1oc(C(=O)N2CCCCC2C(C)N)cc1C. The van der Waals surface area contributed by atoms with Gasteiger partial charge in [-0.15, -0.1) is 0 Å². The highest BCUT2D eigenvalue weighted by molar-refractivity contribution is 5.92. The average molecular weight is 264 g/mol. The summed E-state index contributed by atoms with van der Waals surface area (Å²) in [4.78, 5) is 14.5. The first-order valence-electron chi connectivity index (χ1n) is 7.20. The van der Waals surface area contributed by atoms with Crippen molar-refractivity contribution in [3.8, 4) is 0 Å². The number of nitrogens with zero attached hydrogens (tertiary/aromatic N) is 1. The van der Waals surface area contributed by atoms with Gasteiger partial charge in [-0.25, -0.2) is 0 Å². The predicted molar refractivity (Wildman–Crippen MR) is 75.1 cm³/mol. The Labute approximate surface area is 114 Å². The van der Waals surface area contributed by atoms with E-state index >= 15 is 0 Å². The normalized spacial score (nSPS) is 21.5. The smallest absolute Gasteiger partial charge is 0.289 e.